The Bertz CT molecular complexity index is 185. The van der Waals surface area contributed by atoms with E-state index in [1.54, 1.807) is 0 Å². The second-order valence-electron chi connectivity index (χ2n) is 3.07. The second kappa shape index (κ2) is 16.0. The second-order valence-corrected chi connectivity index (χ2v) is 3.07. The molecule has 0 fully saturated rings. The molecular formula is C10H22N2O4. The zero-order valence-corrected chi connectivity index (χ0v) is 9.90. The molecule has 0 heterocycles. The van der Waals surface area contributed by atoms with Crippen molar-refractivity contribution in [2.24, 2.45) is 11.5 Å². The van der Waals surface area contributed by atoms with Gasteiger partial charge in [-0.25, -0.2) is 0 Å². The van der Waals surface area contributed by atoms with Crippen molar-refractivity contribution in [1.82, 2.24) is 0 Å². The van der Waals surface area contributed by atoms with Gasteiger partial charge >= 0.3 is 11.9 Å². The SMILES string of the molecule is C=C(C)C.NCCN.O=C(O)CCC(=O)O. The van der Waals surface area contributed by atoms with E-state index in [9.17, 15) is 9.59 Å². The largest absolute Gasteiger partial charge is 0.481 e. The third-order valence-corrected chi connectivity index (χ3v) is 0.719. The first-order valence-electron chi connectivity index (χ1n) is 4.73. The van der Waals surface area contributed by atoms with Gasteiger partial charge in [-0.15, -0.1) is 6.58 Å². The van der Waals surface area contributed by atoms with Crippen LogP contribution in [0.15, 0.2) is 12.2 Å². The molecule has 0 unspecified atom stereocenters. The van der Waals surface area contributed by atoms with Gasteiger partial charge in [0.1, 0.15) is 0 Å². The van der Waals surface area contributed by atoms with E-state index in [2.05, 4.69) is 6.58 Å². The first-order valence-corrected chi connectivity index (χ1v) is 4.73. The van der Waals surface area contributed by atoms with Gasteiger partial charge in [-0.1, -0.05) is 5.57 Å². The minimum atomic E-state index is -1.08. The van der Waals surface area contributed by atoms with E-state index in [1.807, 2.05) is 13.8 Å². The van der Waals surface area contributed by atoms with Crippen LogP contribution in [-0.4, -0.2) is 35.2 Å². The summed E-state index contributed by atoms with van der Waals surface area (Å²) in [6.07, 6.45) is -0.593. The number of aliphatic carboxylic acids is 2. The molecule has 0 spiro atoms. The molecule has 0 amide bonds. The van der Waals surface area contributed by atoms with Crippen molar-refractivity contribution < 1.29 is 19.8 Å². The molecule has 0 radical (unpaired) electrons. The van der Waals surface area contributed by atoms with Gasteiger partial charge in [-0.2, -0.15) is 0 Å². The highest BCUT2D eigenvalue weighted by Crippen LogP contribution is 1.86. The van der Waals surface area contributed by atoms with E-state index in [0.29, 0.717) is 13.1 Å². The Kier molecular flexibility index (Phi) is 20.1. The molecule has 0 aliphatic heterocycles. The topological polar surface area (TPSA) is 127 Å². The standard InChI is InChI=1S/C4H6O4.C4H8.C2H8N2/c5-3(6)1-2-4(7)8;1-4(2)3;3-1-2-4/h1-2H2,(H,5,6)(H,7,8);1H2,2-3H3;1-4H2. The molecule has 6 heteroatoms. The van der Waals surface area contributed by atoms with Crippen LogP contribution < -0.4 is 11.5 Å². The Morgan fingerprint density at radius 1 is 1.00 bits per heavy atom. The molecule has 96 valence electrons. The van der Waals surface area contributed by atoms with E-state index >= 15 is 0 Å². The molecule has 6 nitrogen and oxygen atoms in total. The monoisotopic (exact) mass is 234 g/mol. The van der Waals surface area contributed by atoms with Crippen LogP contribution in [-0.2, 0) is 9.59 Å². The summed E-state index contributed by atoms with van der Waals surface area (Å²) < 4.78 is 0. The Morgan fingerprint density at radius 2 is 1.19 bits per heavy atom. The van der Waals surface area contributed by atoms with Gasteiger partial charge in [0.25, 0.3) is 0 Å². The van der Waals surface area contributed by atoms with Crippen molar-refractivity contribution in [3.63, 3.8) is 0 Å². The predicted octanol–water partition coefficient (Wildman–Crippen LogP) is 0.422. The molecule has 0 aliphatic carbocycles. The maximum absolute atomic E-state index is 9.64. The van der Waals surface area contributed by atoms with E-state index in [0.717, 1.165) is 0 Å². The Balaban J connectivity index is -0.000000179. The summed E-state index contributed by atoms with van der Waals surface area (Å²) in [7, 11) is 0. The lowest BCUT2D eigenvalue weighted by molar-refractivity contribution is -0.143. The first kappa shape index (κ1) is 20.1. The van der Waals surface area contributed by atoms with Crippen LogP contribution >= 0.6 is 0 Å². The molecule has 16 heavy (non-hydrogen) atoms. The zero-order valence-electron chi connectivity index (χ0n) is 9.90. The van der Waals surface area contributed by atoms with Gasteiger partial charge in [0.05, 0.1) is 12.8 Å². The summed E-state index contributed by atoms with van der Waals surface area (Å²) in [6, 6.07) is 0. The number of allylic oxidation sites excluding steroid dienone is 1. The van der Waals surface area contributed by atoms with Gasteiger partial charge in [-0.3, -0.25) is 9.59 Å². The van der Waals surface area contributed by atoms with Gasteiger partial charge in [0, 0.05) is 13.1 Å². The fourth-order valence-corrected chi connectivity index (χ4v) is 0.214. The van der Waals surface area contributed by atoms with Crippen LogP contribution in [0.2, 0.25) is 0 Å². The molecule has 0 aromatic heterocycles. The Morgan fingerprint density at radius 3 is 1.25 bits per heavy atom. The van der Waals surface area contributed by atoms with Crippen LogP contribution in [0.5, 0.6) is 0 Å². The molecule has 0 aliphatic rings. The van der Waals surface area contributed by atoms with Crippen molar-refractivity contribution >= 4 is 11.9 Å². The Labute approximate surface area is 95.9 Å². The number of hydrogen-bond donors (Lipinski definition) is 4. The highest BCUT2D eigenvalue weighted by atomic mass is 16.4. The number of hydrogen-bond acceptors (Lipinski definition) is 4. The smallest absolute Gasteiger partial charge is 0.303 e. The minimum Gasteiger partial charge on any atom is -0.481 e. The molecule has 0 saturated heterocycles. The quantitative estimate of drug-likeness (QED) is 0.522. The number of nitrogens with two attached hydrogens (primary N) is 2. The summed E-state index contributed by atoms with van der Waals surface area (Å²) in [4.78, 5) is 19.3. The number of rotatable bonds is 4. The highest BCUT2D eigenvalue weighted by Gasteiger charge is 2.00. The van der Waals surface area contributed by atoms with Crippen LogP contribution in [0, 0.1) is 0 Å². The molecule has 0 rings (SSSR count). The predicted molar refractivity (Wildman–Crippen MR) is 63.1 cm³/mol. The summed E-state index contributed by atoms with van der Waals surface area (Å²) in [5.74, 6) is -2.15. The maximum atomic E-state index is 9.64. The third-order valence-electron chi connectivity index (χ3n) is 0.719. The van der Waals surface area contributed by atoms with Gasteiger partial charge in [-0.05, 0) is 13.8 Å². The van der Waals surface area contributed by atoms with Crippen molar-refractivity contribution in [2.45, 2.75) is 26.7 Å². The minimum absolute atomic E-state index is 0.296. The van der Waals surface area contributed by atoms with E-state index < -0.39 is 11.9 Å². The van der Waals surface area contributed by atoms with Crippen LogP contribution in [0.4, 0.5) is 0 Å². The average Bonchev–Trinajstić information content (AvgIpc) is 2.14. The molecular weight excluding hydrogens is 212 g/mol. The molecule has 6 N–H and O–H groups in total. The number of carbonyl (C=O) groups is 2. The lowest BCUT2D eigenvalue weighted by atomic mass is 10.3. The summed E-state index contributed by atoms with van der Waals surface area (Å²) in [5.41, 5.74) is 11.0. The lowest BCUT2D eigenvalue weighted by Gasteiger charge is -1.85. The van der Waals surface area contributed by atoms with Crippen LogP contribution in [0.25, 0.3) is 0 Å². The summed E-state index contributed by atoms with van der Waals surface area (Å²) >= 11 is 0. The summed E-state index contributed by atoms with van der Waals surface area (Å²) in [5, 5.41) is 15.8. The van der Waals surface area contributed by atoms with E-state index in [4.69, 9.17) is 21.7 Å². The molecule has 0 aromatic rings. The van der Waals surface area contributed by atoms with Crippen molar-refractivity contribution in [3.8, 4) is 0 Å². The van der Waals surface area contributed by atoms with Crippen molar-refractivity contribution in [3.05, 3.63) is 12.2 Å². The maximum Gasteiger partial charge on any atom is 0.303 e. The normalized spacial score (nSPS) is 7.75. The average molecular weight is 234 g/mol. The van der Waals surface area contributed by atoms with Crippen molar-refractivity contribution in [1.29, 1.82) is 0 Å². The van der Waals surface area contributed by atoms with Crippen LogP contribution in [0.3, 0.4) is 0 Å². The molecule has 0 aromatic carbocycles. The fourth-order valence-electron chi connectivity index (χ4n) is 0.214. The van der Waals surface area contributed by atoms with Gasteiger partial charge < -0.3 is 21.7 Å². The summed E-state index contributed by atoms with van der Waals surface area (Å²) in [6.45, 7) is 8.69. The number of carboxylic acid groups (broad SMARTS) is 2. The lowest BCUT2D eigenvalue weighted by Crippen LogP contribution is -2.11. The van der Waals surface area contributed by atoms with Gasteiger partial charge in [0.2, 0.25) is 0 Å². The van der Waals surface area contributed by atoms with Crippen molar-refractivity contribution in [2.75, 3.05) is 13.1 Å². The third kappa shape index (κ3) is 80.1. The van der Waals surface area contributed by atoms with Crippen LogP contribution in [0.1, 0.15) is 26.7 Å². The van der Waals surface area contributed by atoms with E-state index in [1.165, 1.54) is 5.57 Å². The zero-order chi connectivity index (χ0) is 13.6. The first-order chi connectivity index (χ1) is 7.27. The molecule has 0 bridgehead atoms. The Hall–Kier alpha value is -1.40. The molecule has 0 saturated carbocycles. The fraction of sp³-hybridized carbons (Fsp3) is 0.600. The van der Waals surface area contributed by atoms with E-state index in [-0.39, 0.29) is 12.8 Å². The van der Waals surface area contributed by atoms with Gasteiger partial charge in [0.15, 0.2) is 0 Å². The highest BCUT2D eigenvalue weighted by molar-refractivity contribution is 5.75. The molecule has 0 atom stereocenters. The number of carboxylic acids is 2.